The third kappa shape index (κ3) is 103. The standard InChI is InChI=1S/2C4H10O/c1-4(2,3)5;1-3-5-4-2/h5H,1-3H3;3-4H2,1-2H3. The molecule has 0 fully saturated rings. The summed E-state index contributed by atoms with van der Waals surface area (Å²) in [6.07, 6.45) is 0. The Kier molecular flexibility index (Phi) is 8.85. The van der Waals surface area contributed by atoms with Crippen LogP contribution in [0.1, 0.15) is 34.6 Å². The normalized spacial score (nSPS) is 10.2. The number of ether oxygens (including phenoxy) is 1. The van der Waals surface area contributed by atoms with Crippen LogP contribution in [-0.4, -0.2) is 23.9 Å². The minimum Gasteiger partial charge on any atom is -0.391 e. The molecule has 0 aliphatic heterocycles. The summed E-state index contributed by atoms with van der Waals surface area (Å²) in [6.45, 7) is 10.9. The fourth-order valence-corrected chi connectivity index (χ4v) is 0.204. The van der Waals surface area contributed by atoms with E-state index in [1.165, 1.54) is 0 Å². The lowest BCUT2D eigenvalue weighted by Crippen LogP contribution is -2.10. The van der Waals surface area contributed by atoms with E-state index in [1.807, 2.05) is 13.8 Å². The van der Waals surface area contributed by atoms with E-state index in [9.17, 15) is 0 Å². The first-order chi connectivity index (χ1) is 4.41. The molecular formula is C8H20O2. The third-order valence-corrected chi connectivity index (χ3v) is 0.408. The SMILES string of the molecule is CC(C)(C)O.CCOCC. The molecule has 2 heteroatoms. The van der Waals surface area contributed by atoms with Gasteiger partial charge in [-0.05, 0) is 34.6 Å². The highest BCUT2D eigenvalue weighted by atomic mass is 16.5. The van der Waals surface area contributed by atoms with E-state index in [0.29, 0.717) is 0 Å². The first-order valence-electron chi connectivity index (χ1n) is 3.72. The largest absolute Gasteiger partial charge is 0.391 e. The van der Waals surface area contributed by atoms with Gasteiger partial charge in [-0.2, -0.15) is 0 Å². The Morgan fingerprint density at radius 2 is 1.30 bits per heavy atom. The van der Waals surface area contributed by atoms with Gasteiger partial charge < -0.3 is 9.84 Å². The number of hydrogen-bond acceptors (Lipinski definition) is 2. The molecule has 0 unspecified atom stereocenters. The van der Waals surface area contributed by atoms with Gasteiger partial charge >= 0.3 is 0 Å². The number of rotatable bonds is 2. The lowest BCUT2D eigenvalue weighted by molar-refractivity contribution is 0.102. The zero-order chi connectivity index (χ0) is 8.62. The van der Waals surface area contributed by atoms with Gasteiger partial charge in [0.1, 0.15) is 0 Å². The van der Waals surface area contributed by atoms with Gasteiger partial charge in [0, 0.05) is 13.2 Å². The van der Waals surface area contributed by atoms with Crippen LogP contribution in [0.15, 0.2) is 0 Å². The molecule has 0 aliphatic rings. The molecule has 0 bridgehead atoms. The van der Waals surface area contributed by atoms with E-state index in [2.05, 4.69) is 0 Å². The highest BCUT2D eigenvalue weighted by molar-refractivity contribution is 4.50. The van der Waals surface area contributed by atoms with Crippen molar-refractivity contribution in [2.24, 2.45) is 0 Å². The molecule has 0 rings (SSSR count). The fraction of sp³-hybridized carbons (Fsp3) is 1.00. The van der Waals surface area contributed by atoms with E-state index in [0.717, 1.165) is 13.2 Å². The molecule has 0 aromatic rings. The van der Waals surface area contributed by atoms with Crippen molar-refractivity contribution in [1.82, 2.24) is 0 Å². The zero-order valence-electron chi connectivity index (χ0n) is 7.77. The van der Waals surface area contributed by atoms with Crippen molar-refractivity contribution in [2.45, 2.75) is 40.2 Å². The molecule has 0 saturated heterocycles. The molecule has 0 saturated carbocycles. The smallest absolute Gasteiger partial charge is 0.0563 e. The average molecular weight is 148 g/mol. The average Bonchev–Trinajstić information content (AvgIpc) is 1.63. The summed E-state index contributed by atoms with van der Waals surface area (Å²) in [5.41, 5.74) is -0.500. The summed E-state index contributed by atoms with van der Waals surface area (Å²) in [6, 6.07) is 0. The van der Waals surface area contributed by atoms with Gasteiger partial charge in [-0.15, -0.1) is 0 Å². The van der Waals surface area contributed by atoms with Crippen LogP contribution < -0.4 is 0 Å². The molecule has 0 radical (unpaired) electrons. The summed E-state index contributed by atoms with van der Waals surface area (Å²) in [5.74, 6) is 0. The molecule has 0 heterocycles. The minimum atomic E-state index is -0.500. The van der Waals surface area contributed by atoms with Crippen LogP contribution >= 0.6 is 0 Å². The lowest BCUT2D eigenvalue weighted by Gasteiger charge is -2.04. The van der Waals surface area contributed by atoms with Crippen LogP contribution in [0.4, 0.5) is 0 Å². The molecule has 0 aliphatic carbocycles. The first-order valence-corrected chi connectivity index (χ1v) is 3.72. The molecule has 2 nitrogen and oxygen atoms in total. The predicted molar refractivity (Wildman–Crippen MR) is 44.1 cm³/mol. The number of hydrogen-bond donors (Lipinski definition) is 1. The van der Waals surface area contributed by atoms with E-state index in [4.69, 9.17) is 9.84 Å². The monoisotopic (exact) mass is 148 g/mol. The van der Waals surface area contributed by atoms with Crippen molar-refractivity contribution in [3.05, 3.63) is 0 Å². The van der Waals surface area contributed by atoms with Crippen molar-refractivity contribution in [1.29, 1.82) is 0 Å². The Morgan fingerprint density at radius 3 is 1.30 bits per heavy atom. The summed E-state index contributed by atoms with van der Waals surface area (Å²) < 4.78 is 4.83. The van der Waals surface area contributed by atoms with Gasteiger partial charge in [0.2, 0.25) is 0 Å². The van der Waals surface area contributed by atoms with Gasteiger partial charge in [0.05, 0.1) is 5.60 Å². The van der Waals surface area contributed by atoms with E-state index in [-0.39, 0.29) is 0 Å². The van der Waals surface area contributed by atoms with Crippen LogP contribution in [0.25, 0.3) is 0 Å². The van der Waals surface area contributed by atoms with Crippen LogP contribution in [0.5, 0.6) is 0 Å². The van der Waals surface area contributed by atoms with Gasteiger partial charge in [-0.1, -0.05) is 0 Å². The molecule has 0 atom stereocenters. The topological polar surface area (TPSA) is 29.5 Å². The van der Waals surface area contributed by atoms with Gasteiger partial charge in [-0.3, -0.25) is 0 Å². The van der Waals surface area contributed by atoms with Crippen molar-refractivity contribution in [2.75, 3.05) is 13.2 Å². The summed E-state index contributed by atoms with van der Waals surface area (Å²) in [5, 5.41) is 8.52. The summed E-state index contributed by atoms with van der Waals surface area (Å²) in [7, 11) is 0. The first kappa shape index (κ1) is 12.6. The van der Waals surface area contributed by atoms with E-state index in [1.54, 1.807) is 20.8 Å². The molecule has 10 heavy (non-hydrogen) atoms. The third-order valence-electron chi connectivity index (χ3n) is 0.408. The van der Waals surface area contributed by atoms with Crippen molar-refractivity contribution in [3.8, 4) is 0 Å². The molecular weight excluding hydrogens is 128 g/mol. The van der Waals surface area contributed by atoms with Crippen LogP contribution in [-0.2, 0) is 4.74 Å². The highest BCUT2D eigenvalue weighted by Crippen LogP contribution is 1.93. The van der Waals surface area contributed by atoms with Gasteiger partial charge in [-0.25, -0.2) is 0 Å². The van der Waals surface area contributed by atoms with Gasteiger partial charge in [0.15, 0.2) is 0 Å². The lowest BCUT2D eigenvalue weighted by atomic mass is 10.2. The molecule has 64 valence electrons. The maximum atomic E-state index is 8.52. The fourth-order valence-electron chi connectivity index (χ4n) is 0.204. The molecule has 0 spiro atoms. The second-order valence-corrected chi connectivity index (χ2v) is 2.95. The summed E-state index contributed by atoms with van der Waals surface area (Å²) >= 11 is 0. The Balaban J connectivity index is 0. The molecule has 0 aromatic carbocycles. The zero-order valence-corrected chi connectivity index (χ0v) is 7.77. The van der Waals surface area contributed by atoms with Crippen molar-refractivity contribution in [3.63, 3.8) is 0 Å². The van der Waals surface area contributed by atoms with Crippen LogP contribution in [0, 0.1) is 0 Å². The van der Waals surface area contributed by atoms with Crippen molar-refractivity contribution < 1.29 is 9.84 Å². The Hall–Kier alpha value is -0.0800. The highest BCUT2D eigenvalue weighted by Gasteiger charge is 1.97. The maximum absolute atomic E-state index is 8.52. The molecule has 0 amide bonds. The second kappa shape index (κ2) is 7.03. The number of aliphatic hydroxyl groups is 1. The Bertz CT molecular complexity index is 46.8. The van der Waals surface area contributed by atoms with E-state index < -0.39 is 5.60 Å². The Morgan fingerprint density at radius 1 is 1.10 bits per heavy atom. The van der Waals surface area contributed by atoms with Crippen LogP contribution in [0.3, 0.4) is 0 Å². The molecule has 1 N–H and O–H groups in total. The summed E-state index contributed by atoms with van der Waals surface area (Å²) in [4.78, 5) is 0. The minimum absolute atomic E-state index is 0.500. The van der Waals surface area contributed by atoms with Crippen molar-refractivity contribution >= 4 is 0 Å². The quantitative estimate of drug-likeness (QED) is 0.647. The van der Waals surface area contributed by atoms with Gasteiger partial charge in [0.25, 0.3) is 0 Å². The van der Waals surface area contributed by atoms with Crippen LogP contribution in [0.2, 0.25) is 0 Å². The second-order valence-electron chi connectivity index (χ2n) is 2.95. The maximum Gasteiger partial charge on any atom is 0.0563 e. The van der Waals surface area contributed by atoms with E-state index >= 15 is 0 Å². The molecule has 0 aromatic heterocycles. The predicted octanol–water partition coefficient (Wildman–Crippen LogP) is 1.82. The Labute approximate surface area is 64.2 Å².